The topological polar surface area (TPSA) is 55.1 Å². The van der Waals surface area contributed by atoms with Crippen LogP contribution in [-0.4, -0.2) is 5.91 Å². The summed E-state index contributed by atoms with van der Waals surface area (Å²) in [6.07, 6.45) is 0. The summed E-state index contributed by atoms with van der Waals surface area (Å²) in [5.74, 6) is -1.10. The van der Waals surface area contributed by atoms with Crippen molar-refractivity contribution in [2.75, 3.05) is 11.1 Å². The molecule has 2 aromatic rings. The molecule has 98 valence electrons. The Morgan fingerprint density at radius 2 is 1.79 bits per heavy atom. The molecule has 0 atom stereocenters. The normalized spacial score (nSPS) is 10.3. The van der Waals surface area contributed by atoms with Crippen LogP contribution >= 0.6 is 23.2 Å². The van der Waals surface area contributed by atoms with E-state index >= 15 is 0 Å². The molecule has 2 aromatic carbocycles. The molecule has 2 rings (SSSR count). The molecule has 0 heterocycles. The molecule has 0 aliphatic carbocycles. The summed E-state index contributed by atoms with van der Waals surface area (Å²) in [5, 5.41) is 2.25. The molecule has 0 bridgehead atoms. The third-order valence-corrected chi connectivity index (χ3v) is 2.94. The highest BCUT2D eigenvalue weighted by molar-refractivity contribution is 6.35. The number of benzene rings is 2. The van der Waals surface area contributed by atoms with Gasteiger partial charge in [-0.15, -0.1) is 0 Å². The van der Waals surface area contributed by atoms with Crippen LogP contribution in [0.1, 0.15) is 10.4 Å². The molecule has 3 N–H and O–H groups in total. The van der Waals surface area contributed by atoms with Crippen molar-refractivity contribution in [3.05, 3.63) is 57.8 Å². The number of halogens is 3. The largest absolute Gasteiger partial charge is 0.399 e. The lowest BCUT2D eigenvalue weighted by Crippen LogP contribution is -2.12. The molecule has 3 nitrogen and oxygen atoms in total. The Kier molecular flexibility index (Phi) is 3.93. The zero-order chi connectivity index (χ0) is 14.0. The van der Waals surface area contributed by atoms with Crippen molar-refractivity contribution in [3.8, 4) is 0 Å². The number of hydrogen-bond acceptors (Lipinski definition) is 2. The molecule has 0 aromatic heterocycles. The van der Waals surface area contributed by atoms with E-state index in [0.717, 1.165) is 0 Å². The first-order chi connectivity index (χ1) is 8.97. The van der Waals surface area contributed by atoms with Gasteiger partial charge in [0.05, 0.1) is 10.0 Å². The monoisotopic (exact) mass is 298 g/mol. The van der Waals surface area contributed by atoms with Crippen LogP contribution in [0.3, 0.4) is 0 Å². The average molecular weight is 299 g/mol. The van der Waals surface area contributed by atoms with Crippen molar-refractivity contribution in [3.63, 3.8) is 0 Å². The van der Waals surface area contributed by atoms with E-state index in [1.54, 1.807) is 18.2 Å². The second-order valence-electron chi connectivity index (χ2n) is 3.83. The van der Waals surface area contributed by atoms with E-state index in [1.165, 1.54) is 18.2 Å². The number of nitrogens with one attached hydrogen (secondary N) is 1. The quantitative estimate of drug-likeness (QED) is 0.651. The van der Waals surface area contributed by atoms with Gasteiger partial charge in [-0.25, -0.2) is 4.39 Å². The van der Waals surface area contributed by atoms with Crippen molar-refractivity contribution in [2.24, 2.45) is 0 Å². The highest BCUT2D eigenvalue weighted by Crippen LogP contribution is 2.27. The zero-order valence-electron chi connectivity index (χ0n) is 9.58. The standard InChI is InChI=1S/C13H9Cl2FN2O/c14-10-5-9(6-11(15)12(10)16)18-13(19)7-2-1-3-8(17)4-7/h1-6H,17H2,(H,18,19). The van der Waals surface area contributed by atoms with Crippen LogP contribution in [0.5, 0.6) is 0 Å². The molecule has 6 heteroatoms. The van der Waals surface area contributed by atoms with Crippen molar-refractivity contribution in [2.45, 2.75) is 0 Å². The minimum atomic E-state index is -0.717. The van der Waals surface area contributed by atoms with Gasteiger partial charge >= 0.3 is 0 Å². The molecule has 0 unspecified atom stereocenters. The summed E-state index contributed by atoms with van der Waals surface area (Å²) in [4.78, 5) is 11.9. The van der Waals surface area contributed by atoms with Crippen LogP contribution in [0.15, 0.2) is 36.4 Å². The third-order valence-electron chi connectivity index (χ3n) is 2.39. The van der Waals surface area contributed by atoms with E-state index in [1.807, 2.05) is 0 Å². The van der Waals surface area contributed by atoms with E-state index < -0.39 is 5.82 Å². The third kappa shape index (κ3) is 3.16. The molecule has 0 spiro atoms. The van der Waals surface area contributed by atoms with E-state index in [9.17, 15) is 9.18 Å². The second-order valence-corrected chi connectivity index (χ2v) is 4.65. The Hall–Kier alpha value is -1.78. The summed E-state index contributed by atoms with van der Waals surface area (Å²) in [5.41, 5.74) is 6.76. The van der Waals surface area contributed by atoms with E-state index in [4.69, 9.17) is 28.9 Å². The zero-order valence-corrected chi connectivity index (χ0v) is 11.1. The van der Waals surface area contributed by atoms with Crippen molar-refractivity contribution >= 4 is 40.5 Å². The fraction of sp³-hybridized carbons (Fsp3) is 0. The number of carbonyl (C=O) groups excluding carboxylic acids is 1. The molecule has 0 aliphatic rings. The van der Waals surface area contributed by atoms with Gasteiger partial charge in [0.1, 0.15) is 0 Å². The lowest BCUT2D eigenvalue weighted by Gasteiger charge is -2.07. The summed E-state index contributed by atoms with van der Waals surface area (Å²) >= 11 is 11.3. The predicted molar refractivity (Wildman–Crippen MR) is 75.2 cm³/mol. The van der Waals surface area contributed by atoms with Crippen molar-refractivity contribution in [1.29, 1.82) is 0 Å². The molecule has 19 heavy (non-hydrogen) atoms. The number of nitrogens with two attached hydrogens (primary N) is 1. The predicted octanol–water partition coefficient (Wildman–Crippen LogP) is 3.97. The minimum absolute atomic E-state index is 0.157. The Morgan fingerprint density at radius 1 is 1.16 bits per heavy atom. The fourth-order valence-electron chi connectivity index (χ4n) is 1.51. The fourth-order valence-corrected chi connectivity index (χ4v) is 2.00. The Morgan fingerprint density at radius 3 is 2.37 bits per heavy atom. The summed E-state index contributed by atoms with van der Waals surface area (Å²) in [6.45, 7) is 0. The van der Waals surface area contributed by atoms with Gasteiger partial charge in [0, 0.05) is 16.9 Å². The Bertz CT molecular complexity index is 623. The first kappa shape index (κ1) is 13.6. The SMILES string of the molecule is Nc1cccc(C(=O)Nc2cc(Cl)c(F)c(Cl)c2)c1. The molecule has 0 fully saturated rings. The van der Waals surface area contributed by atoms with Gasteiger partial charge < -0.3 is 11.1 Å². The summed E-state index contributed by atoms with van der Waals surface area (Å²) in [7, 11) is 0. The molecule has 1 amide bonds. The Labute approximate surface area is 119 Å². The minimum Gasteiger partial charge on any atom is -0.399 e. The van der Waals surface area contributed by atoms with Crippen molar-refractivity contribution < 1.29 is 9.18 Å². The lowest BCUT2D eigenvalue weighted by atomic mass is 10.2. The van der Waals surface area contributed by atoms with Gasteiger partial charge in [-0.1, -0.05) is 29.3 Å². The molecule has 0 aliphatic heterocycles. The molecule has 0 saturated heterocycles. The van der Waals surface area contributed by atoms with Crippen LogP contribution in [0.25, 0.3) is 0 Å². The maximum atomic E-state index is 13.2. The van der Waals surface area contributed by atoms with Crippen molar-refractivity contribution in [1.82, 2.24) is 0 Å². The van der Waals surface area contributed by atoms with Gasteiger partial charge in [-0.05, 0) is 30.3 Å². The van der Waals surface area contributed by atoms with E-state index in [0.29, 0.717) is 16.9 Å². The van der Waals surface area contributed by atoms with E-state index in [2.05, 4.69) is 5.32 Å². The highest BCUT2D eigenvalue weighted by Gasteiger charge is 2.11. The van der Waals surface area contributed by atoms with Gasteiger partial charge in [-0.3, -0.25) is 4.79 Å². The van der Waals surface area contributed by atoms with Gasteiger partial charge in [-0.2, -0.15) is 0 Å². The summed E-state index contributed by atoms with van der Waals surface area (Å²) in [6, 6.07) is 9.04. The maximum absolute atomic E-state index is 13.2. The molecular formula is C13H9Cl2FN2O. The van der Waals surface area contributed by atoms with Crippen LogP contribution < -0.4 is 11.1 Å². The molecule has 0 saturated carbocycles. The number of hydrogen-bond donors (Lipinski definition) is 2. The Balaban J connectivity index is 2.24. The van der Waals surface area contributed by atoms with Crippen LogP contribution in [0.2, 0.25) is 10.0 Å². The van der Waals surface area contributed by atoms with Crippen LogP contribution in [-0.2, 0) is 0 Å². The van der Waals surface area contributed by atoms with Crippen LogP contribution in [0, 0.1) is 5.82 Å². The number of amides is 1. The maximum Gasteiger partial charge on any atom is 0.255 e. The average Bonchev–Trinajstić information content (AvgIpc) is 2.36. The number of rotatable bonds is 2. The summed E-state index contributed by atoms with van der Waals surface area (Å²) < 4.78 is 13.2. The lowest BCUT2D eigenvalue weighted by molar-refractivity contribution is 0.102. The van der Waals surface area contributed by atoms with E-state index in [-0.39, 0.29) is 16.0 Å². The second kappa shape index (κ2) is 5.47. The number of carbonyl (C=O) groups is 1. The van der Waals surface area contributed by atoms with Gasteiger partial charge in [0.25, 0.3) is 5.91 Å². The van der Waals surface area contributed by atoms with Crippen LogP contribution in [0.4, 0.5) is 15.8 Å². The first-order valence-corrected chi connectivity index (χ1v) is 6.04. The number of anilines is 2. The van der Waals surface area contributed by atoms with Gasteiger partial charge in [0.2, 0.25) is 0 Å². The molecular weight excluding hydrogens is 290 g/mol. The first-order valence-electron chi connectivity index (χ1n) is 5.29. The highest BCUT2D eigenvalue weighted by atomic mass is 35.5. The van der Waals surface area contributed by atoms with Gasteiger partial charge in [0.15, 0.2) is 5.82 Å². The molecule has 0 radical (unpaired) electrons. The number of nitrogen functional groups attached to an aromatic ring is 1. The smallest absolute Gasteiger partial charge is 0.255 e.